The minimum atomic E-state index is 0.0505. The van der Waals surface area contributed by atoms with Gasteiger partial charge in [0.1, 0.15) is 5.82 Å². The van der Waals surface area contributed by atoms with Crippen molar-refractivity contribution < 1.29 is 5.11 Å². The van der Waals surface area contributed by atoms with Crippen LogP contribution in [0.2, 0.25) is 0 Å². The van der Waals surface area contributed by atoms with E-state index in [1.54, 1.807) is 0 Å². The lowest BCUT2D eigenvalue weighted by Gasteiger charge is -2.43. The Hall–Kier alpha value is -1.65. The van der Waals surface area contributed by atoms with Crippen molar-refractivity contribution in [1.82, 2.24) is 9.88 Å². The summed E-state index contributed by atoms with van der Waals surface area (Å²) >= 11 is 0. The molecule has 0 aliphatic carbocycles. The summed E-state index contributed by atoms with van der Waals surface area (Å²) < 4.78 is 0. The Balaban J connectivity index is 2.01. The predicted molar refractivity (Wildman–Crippen MR) is 86.6 cm³/mol. The number of aromatic nitrogens is 1. The van der Waals surface area contributed by atoms with Gasteiger partial charge in [-0.3, -0.25) is 4.90 Å². The van der Waals surface area contributed by atoms with E-state index in [0.29, 0.717) is 12.1 Å². The average molecular weight is 285 g/mol. The van der Waals surface area contributed by atoms with Crippen LogP contribution in [0.5, 0.6) is 0 Å². The molecule has 1 aliphatic heterocycles. The molecular weight excluding hydrogens is 262 g/mol. The largest absolute Gasteiger partial charge is 0.392 e. The topological polar surface area (TPSA) is 39.6 Å². The highest BCUT2D eigenvalue weighted by Crippen LogP contribution is 2.25. The molecule has 0 amide bonds. The fraction of sp³-hybridized carbons (Fsp3) is 0.471. The first kappa shape index (κ1) is 14.3. The van der Waals surface area contributed by atoms with E-state index in [4.69, 9.17) is 4.98 Å². The van der Waals surface area contributed by atoms with Crippen molar-refractivity contribution in [3.8, 4) is 0 Å². The zero-order valence-electron chi connectivity index (χ0n) is 13.0. The highest BCUT2D eigenvalue weighted by molar-refractivity contribution is 5.84. The summed E-state index contributed by atoms with van der Waals surface area (Å²) in [7, 11) is 2.18. The molecular formula is C17H23N3O. The first-order valence-corrected chi connectivity index (χ1v) is 7.56. The van der Waals surface area contributed by atoms with Gasteiger partial charge >= 0.3 is 0 Å². The number of nitrogens with zero attached hydrogens (tertiary/aromatic N) is 3. The number of fused-ring (bicyclic) bond motifs is 1. The van der Waals surface area contributed by atoms with E-state index in [-0.39, 0.29) is 6.61 Å². The van der Waals surface area contributed by atoms with Gasteiger partial charge in [0.05, 0.1) is 12.1 Å². The number of likely N-dealkylation sites (N-methyl/N-ethyl adjacent to an activating group) is 1. The molecule has 1 fully saturated rings. The molecule has 3 rings (SSSR count). The molecule has 0 saturated carbocycles. The standard InChI is InChI=1S/C17H23N3O/c1-12-9-20(10-13(2)19(12)3)17-8-14(11-21)15-6-4-5-7-16(15)18-17/h4-8,12-13,21H,9-11H2,1-3H3. The minimum absolute atomic E-state index is 0.0505. The second-order valence-corrected chi connectivity index (χ2v) is 6.08. The molecule has 4 nitrogen and oxygen atoms in total. The van der Waals surface area contributed by atoms with Gasteiger partial charge in [0.15, 0.2) is 0 Å². The molecule has 0 spiro atoms. The SMILES string of the molecule is CC1CN(c2cc(CO)c3ccccc3n2)CC(C)N1C. The molecule has 0 bridgehead atoms. The summed E-state index contributed by atoms with van der Waals surface area (Å²) in [6.07, 6.45) is 0. The third-order valence-corrected chi connectivity index (χ3v) is 4.64. The minimum Gasteiger partial charge on any atom is -0.392 e. The summed E-state index contributed by atoms with van der Waals surface area (Å²) in [5.74, 6) is 0.976. The number of rotatable bonds is 2. The molecule has 1 aromatic heterocycles. The summed E-state index contributed by atoms with van der Waals surface area (Å²) in [6, 6.07) is 11.1. The number of pyridine rings is 1. The van der Waals surface area contributed by atoms with E-state index in [0.717, 1.165) is 35.4 Å². The number of piperazine rings is 1. The van der Waals surface area contributed by atoms with Crippen LogP contribution >= 0.6 is 0 Å². The van der Waals surface area contributed by atoms with Gasteiger partial charge in [-0.1, -0.05) is 18.2 Å². The highest BCUT2D eigenvalue weighted by atomic mass is 16.3. The molecule has 112 valence electrons. The van der Waals surface area contributed by atoms with E-state index in [9.17, 15) is 5.11 Å². The number of hydrogen-bond acceptors (Lipinski definition) is 4. The molecule has 2 unspecified atom stereocenters. The molecule has 4 heteroatoms. The van der Waals surface area contributed by atoms with Gasteiger partial charge in [0.25, 0.3) is 0 Å². The van der Waals surface area contributed by atoms with Crippen LogP contribution in [0.4, 0.5) is 5.82 Å². The second kappa shape index (κ2) is 5.62. The van der Waals surface area contributed by atoms with Crippen LogP contribution in [0.1, 0.15) is 19.4 Å². The Morgan fingerprint density at radius 2 is 1.86 bits per heavy atom. The molecule has 21 heavy (non-hydrogen) atoms. The van der Waals surface area contributed by atoms with Crippen LogP contribution in [-0.4, -0.2) is 47.2 Å². The number of aliphatic hydroxyl groups excluding tert-OH is 1. The first-order valence-electron chi connectivity index (χ1n) is 7.56. The van der Waals surface area contributed by atoms with Crippen LogP contribution in [0.25, 0.3) is 10.9 Å². The van der Waals surface area contributed by atoms with Gasteiger partial charge in [0, 0.05) is 30.6 Å². The number of para-hydroxylation sites is 1. The first-order chi connectivity index (χ1) is 10.1. The smallest absolute Gasteiger partial charge is 0.129 e. The summed E-state index contributed by atoms with van der Waals surface area (Å²) in [6.45, 7) is 6.48. The van der Waals surface area contributed by atoms with Crippen molar-refractivity contribution in [3.63, 3.8) is 0 Å². The molecule has 1 saturated heterocycles. The Labute approximate surface area is 126 Å². The maximum absolute atomic E-state index is 9.65. The Morgan fingerprint density at radius 3 is 2.52 bits per heavy atom. The van der Waals surface area contributed by atoms with Gasteiger partial charge in [-0.15, -0.1) is 0 Å². The van der Waals surface area contributed by atoms with Crippen LogP contribution in [-0.2, 0) is 6.61 Å². The maximum Gasteiger partial charge on any atom is 0.129 e. The van der Waals surface area contributed by atoms with E-state index in [1.165, 1.54) is 0 Å². The summed E-state index contributed by atoms with van der Waals surface area (Å²) in [4.78, 5) is 9.54. The van der Waals surface area contributed by atoms with Gasteiger partial charge in [-0.05, 0) is 38.6 Å². The Kier molecular flexibility index (Phi) is 3.83. The Morgan fingerprint density at radius 1 is 1.19 bits per heavy atom. The van der Waals surface area contributed by atoms with Gasteiger partial charge < -0.3 is 10.0 Å². The predicted octanol–water partition coefficient (Wildman–Crippen LogP) is 2.26. The third kappa shape index (κ3) is 2.61. The molecule has 2 heterocycles. The maximum atomic E-state index is 9.65. The van der Waals surface area contributed by atoms with Crippen LogP contribution < -0.4 is 4.90 Å². The van der Waals surface area contributed by atoms with Crippen molar-refractivity contribution >= 4 is 16.7 Å². The molecule has 0 radical (unpaired) electrons. The van der Waals surface area contributed by atoms with Gasteiger partial charge in [0.2, 0.25) is 0 Å². The van der Waals surface area contributed by atoms with Crippen molar-refractivity contribution in [3.05, 3.63) is 35.9 Å². The van der Waals surface area contributed by atoms with Crippen LogP contribution in [0, 0.1) is 0 Å². The summed E-state index contributed by atoms with van der Waals surface area (Å²) in [5.41, 5.74) is 1.91. The fourth-order valence-corrected chi connectivity index (χ4v) is 3.12. The van der Waals surface area contributed by atoms with Crippen molar-refractivity contribution in [2.24, 2.45) is 0 Å². The lowest BCUT2D eigenvalue weighted by molar-refractivity contribution is 0.169. The lowest BCUT2D eigenvalue weighted by atomic mass is 10.1. The van der Waals surface area contributed by atoms with Crippen molar-refractivity contribution in [2.75, 3.05) is 25.0 Å². The monoisotopic (exact) mass is 285 g/mol. The third-order valence-electron chi connectivity index (χ3n) is 4.64. The van der Waals surface area contributed by atoms with Crippen molar-refractivity contribution in [1.29, 1.82) is 0 Å². The van der Waals surface area contributed by atoms with Crippen LogP contribution in [0.3, 0.4) is 0 Å². The van der Waals surface area contributed by atoms with E-state index in [1.807, 2.05) is 30.3 Å². The quantitative estimate of drug-likeness (QED) is 0.919. The Bertz CT molecular complexity index is 631. The zero-order valence-corrected chi connectivity index (χ0v) is 13.0. The fourth-order valence-electron chi connectivity index (χ4n) is 3.12. The zero-order chi connectivity index (χ0) is 15.0. The van der Waals surface area contributed by atoms with Gasteiger partial charge in [-0.25, -0.2) is 4.98 Å². The van der Waals surface area contributed by atoms with Gasteiger partial charge in [-0.2, -0.15) is 0 Å². The number of benzene rings is 1. The van der Waals surface area contributed by atoms with Crippen LogP contribution in [0.15, 0.2) is 30.3 Å². The second-order valence-electron chi connectivity index (χ2n) is 6.08. The molecule has 2 aromatic rings. The highest BCUT2D eigenvalue weighted by Gasteiger charge is 2.27. The number of anilines is 1. The normalized spacial score (nSPS) is 23.7. The molecule has 2 atom stereocenters. The van der Waals surface area contributed by atoms with Crippen molar-refractivity contribution in [2.45, 2.75) is 32.5 Å². The lowest BCUT2D eigenvalue weighted by Crippen LogP contribution is -2.55. The van der Waals surface area contributed by atoms with E-state index >= 15 is 0 Å². The summed E-state index contributed by atoms with van der Waals surface area (Å²) in [5, 5.41) is 10.7. The molecule has 1 aromatic carbocycles. The molecule has 1 N–H and O–H groups in total. The molecule has 1 aliphatic rings. The van der Waals surface area contributed by atoms with E-state index in [2.05, 4.69) is 30.7 Å². The number of aliphatic hydroxyl groups is 1. The van der Waals surface area contributed by atoms with E-state index < -0.39 is 0 Å². The average Bonchev–Trinajstić information content (AvgIpc) is 2.51. The number of hydrogen-bond donors (Lipinski definition) is 1.